The molecule has 188 valence electrons. The minimum absolute atomic E-state index is 0.0356. The van der Waals surface area contributed by atoms with Crippen LogP contribution in [0.15, 0.2) is 78.9 Å². The van der Waals surface area contributed by atoms with Gasteiger partial charge >= 0.3 is 0 Å². The molecule has 0 radical (unpaired) electrons. The quantitative estimate of drug-likeness (QED) is 0.425. The van der Waals surface area contributed by atoms with Gasteiger partial charge in [-0.3, -0.25) is 9.59 Å². The molecule has 1 fully saturated rings. The standard InChI is InChI=1S/C31H31N3O3/c1-20(21-11-5-4-6-12-21)17-33-19-27(35)34-18-24(22-13-8-10-16-26(22)37-3)28-23-14-7-9-15-25(23)32-29(28)31(34,2)30(33)36/h4-16,20,24,32H,17-19H2,1-3H3. The molecule has 3 heterocycles. The average Bonchev–Trinajstić information content (AvgIpc) is 3.33. The molecule has 2 aliphatic heterocycles. The van der Waals surface area contributed by atoms with Crippen LogP contribution in [-0.2, 0) is 15.1 Å². The van der Waals surface area contributed by atoms with Crippen molar-refractivity contribution in [2.24, 2.45) is 0 Å². The Morgan fingerprint density at radius 2 is 1.70 bits per heavy atom. The van der Waals surface area contributed by atoms with Crippen LogP contribution in [0.4, 0.5) is 0 Å². The molecule has 0 aliphatic carbocycles. The van der Waals surface area contributed by atoms with Gasteiger partial charge < -0.3 is 19.5 Å². The van der Waals surface area contributed by atoms with E-state index in [0.717, 1.165) is 39.0 Å². The van der Waals surface area contributed by atoms with Crippen molar-refractivity contribution in [3.05, 3.63) is 101 Å². The lowest BCUT2D eigenvalue weighted by Crippen LogP contribution is -2.67. The molecule has 3 unspecified atom stereocenters. The number of fused-ring (bicyclic) bond motifs is 5. The Kier molecular flexibility index (Phi) is 5.55. The molecule has 0 saturated carbocycles. The SMILES string of the molecule is COc1ccccc1C1CN2C(=O)CN(CC(C)c3ccccc3)C(=O)C2(C)c2[nH]c3ccccc3c21. The second kappa shape index (κ2) is 8.80. The van der Waals surface area contributed by atoms with Gasteiger partial charge in [-0.2, -0.15) is 0 Å². The number of rotatable bonds is 5. The van der Waals surface area contributed by atoms with E-state index in [1.807, 2.05) is 61.5 Å². The number of methoxy groups -OCH3 is 1. The zero-order valence-corrected chi connectivity index (χ0v) is 21.4. The number of hydrogen-bond acceptors (Lipinski definition) is 3. The summed E-state index contributed by atoms with van der Waals surface area (Å²) in [6.07, 6.45) is 0. The number of aromatic amines is 1. The Labute approximate surface area is 216 Å². The normalized spacial score (nSPS) is 22.1. The van der Waals surface area contributed by atoms with Crippen molar-refractivity contribution in [1.29, 1.82) is 0 Å². The second-order valence-corrected chi connectivity index (χ2v) is 10.3. The number of carbonyl (C=O) groups excluding carboxylic acids is 2. The zero-order chi connectivity index (χ0) is 25.7. The Balaban J connectivity index is 1.48. The molecular weight excluding hydrogens is 462 g/mol. The average molecular weight is 494 g/mol. The largest absolute Gasteiger partial charge is 0.496 e. The fraction of sp³-hybridized carbons (Fsp3) is 0.290. The van der Waals surface area contributed by atoms with Crippen molar-refractivity contribution in [1.82, 2.24) is 14.8 Å². The number of hydrogen-bond donors (Lipinski definition) is 1. The van der Waals surface area contributed by atoms with Gasteiger partial charge in [0.25, 0.3) is 5.91 Å². The van der Waals surface area contributed by atoms with Crippen LogP contribution < -0.4 is 4.74 Å². The first-order valence-electron chi connectivity index (χ1n) is 12.8. The molecule has 1 saturated heterocycles. The number of amides is 2. The summed E-state index contributed by atoms with van der Waals surface area (Å²) in [5.41, 5.74) is 3.88. The van der Waals surface area contributed by atoms with Crippen LogP contribution in [0.1, 0.15) is 48.1 Å². The van der Waals surface area contributed by atoms with Gasteiger partial charge in [0.05, 0.1) is 19.3 Å². The number of para-hydroxylation sites is 2. The number of nitrogens with one attached hydrogen (secondary N) is 1. The van der Waals surface area contributed by atoms with Crippen molar-refractivity contribution < 1.29 is 14.3 Å². The number of carbonyl (C=O) groups is 2. The maximum Gasteiger partial charge on any atom is 0.254 e. The molecule has 3 aromatic carbocycles. The van der Waals surface area contributed by atoms with Crippen LogP contribution in [0.2, 0.25) is 0 Å². The third-order valence-electron chi connectivity index (χ3n) is 8.19. The lowest BCUT2D eigenvalue weighted by Gasteiger charge is -2.51. The molecule has 0 spiro atoms. The number of piperazine rings is 1. The summed E-state index contributed by atoms with van der Waals surface area (Å²) in [6, 6.07) is 26.2. The van der Waals surface area contributed by atoms with Crippen molar-refractivity contribution in [3.63, 3.8) is 0 Å². The first-order valence-corrected chi connectivity index (χ1v) is 12.8. The Hall–Kier alpha value is -4.06. The summed E-state index contributed by atoms with van der Waals surface area (Å²) >= 11 is 0. The third kappa shape index (κ3) is 3.54. The molecule has 6 rings (SSSR count). The van der Waals surface area contributed by atoms with Gasteiger partial charge in [-0.1, -0.05) is 73.7 Å². The minimum atomic E-state index is -1.11. The fourth-order valence-electron chi connectivity index (χ4n) is 6.28. The Bertz CT molecular complexity index is 1490. The molecule has 1 aromatic heterocycles. The molecule has 0 bridgehead atoms. The zero-order valence-electron chi connectivity index (χ0n) is 21.4. The van der Waals surface area contributed by atoms with Gasteiger partial charge in [-0.15, -0.1) is 0 Å². The third-order valence-corrected chi connectivity index (χ3v) is 8.19. The van der Waals surface area contributed by atoms with E-state index < -0.39 is 5.54 Å². The monoisotopic (exact) mass is 493 g/mol. The van der Waals surface area contributed by atoms with Gasteiger partial charge in [0.1, 0.15) is 5.75 Å². The van der Waals surface area contributed by atoms with Crippen LogP contribution in [0.5, 0.6) is 5.75 Å². The van der Waals surface area contributed by atoms with E-state index in [9.17, 15) is 9.59 Å². The van der Waals surface area contributed by atoms with Gasteiger partial charge in [0.15, 0.2) is 5.54 Å². The number of benzene rings is 3. The second-order valence-electron chi connectivity index (χ2n) is 10.3. The number of H-pyrrole nitrogens is 1. The Morgan fingerprint density at radius 3 is 2.49 bits per heavy atom. The highest BCUT2D eigenvalue weighted by atomic mass is 16.5. The van der Waals surface area contributed by atoms with Crippen LogP contribution >= 0.6 is 0 Å². The predicted molar refractivity (Wildman–Crippen MR) is 144 cm³/mol. The van der Waals surface area contributed by atoms with Crippen molar-refractivity contribution in [2.45, 2.75) is 31.2 Å². The highest BCUT2D eigenvalue weighted by molar-refractivity contribution is 6.01. The fourth-order valence-corrected chi connectivity index (χ4v) is 6.28. The lowest BCUT2D eigenvalue weighted by atomic mass is 9.76. The minimum Gasteiger partial charge on any atom is -0.496 e. The highest BCUT2D eigenvalue weighted by Crippen LogP contribution is 2.49. The summed E-state index contributed by atoms with van der Waals surface area (Å²) < 4.78 is 5.73. The van der Waals surface area contributed by atoms with Gasteiger partial charge in [0.2, 0.25) is 5.91 Å². The summed E-state index contributed by atoms with van der Waals surface area (Å²) in [4.78, 5) is 35.1. The van der Waals surface area contributed by atoms with E-state index >= 15 is 0 Å². The lowest BCUT2D eigenvalue weighted by molar-refractivity contribution is -0.166. The predicted octanol–water partition coefficient (Wildman–Crippen LogP) is 5.01. The number of ether oxygens (including phenoxy) is 1. The molecular formula is C31H31N3O3. The van der Waals surface area contributed by atoms with Gasteiger partial charge in [-0.25, -0.2) is 0 Å². The summed E-state index contributed by atoms with van der Waals surface area (Å²) in [6.45, 7) is 5.00. The van der Waals surface area contributed by atoms with Crippen LogP contribution in [0, 0.1) is 0 Å². The first kappa shape index (κ1) is 23.3. The molecule has 4 aromatic rings. The van der Waals surface area contributed by atoms with Crippen LogP contribution in [0.3, 0.4) is 0 Å². The molecule has 2 aliphatic rings. The van der Waals surface area contributed by atoms with E-state index in [4.69, 9.17) is 4.74 Å². The summed E-state index contributed by atoms with van der Waals surface area (Å²) in [5, 5.41) is 1.07. The molecule has 2 amide bonds. The van der Waals surface area contributed by atoms with Gasteiger partial charge in [0, 0.05) is 35.5 Å². The molecule has 6 nitrogen and oxygen atoms in total. The number of nitrogens with zero attached hydrogens (tertiary/aromatic N) is 2. The van der Waals surface area contributed by atoms with E-state index in [1.54, 1.807) is 16.9 Å². The van der Waals surface area contributed by atoms with Crippen molar-refractivity contribution in [2.75, 3.05) is 26.7 Å². The molecule has 1 N–H and O–H groups in total. The maximum absolute atomic E-state index is 14.3. The number of aromatic nitrogens is 1. The topological polar surface area (TPSA) is 65.6 Å². The van der Waals surface area contributed by atoms with Gasteiger partial charge in [-0.05, 0) is 36.1 Å². The van der Waals surface area contributed by atoms with E-state index in [-0.39, 0.29) is 30.2 Å². The van der Waals surface area contributed by atoms with E-state index in [0.29, 0.717) is 13.1 Å². The molecule has 6 heteroatoms. The molecule has 37 heavy (non-hydrogen) atoms. The smallest absolute Gasteiger partial charge is 0.254 e. The van der Waals surface area contributed by atoms with Crippen molar-refractivity contribution in [3.8, 4) is 5.75 Å². The van der Waals surface area contributed by atoms with Crippen molar-refractivity contribution >= 4 is 22.7 Å². The van der Waals surface area contributed by atoms with E-state index in [2.05, 4.69) is 36.2 Å². The Morgan fingerprint density at radius 1 is 1.00 bits per heavy atom. The molecule has 3 atom stereocenters. The summed E-state index contributed by atoms with van der Waals surface area (Å²) in [5.74, 6) is 0.691. The highest BCUT2D eigenvalue weighted by Gasteiger charge is 2.56. The van der Waals surface area contributed by atoms with Crippen LogP contribution in [-0.4, -0.2) is 53.3 Å². The maximum atomic E-state index is 14.3. The first-order chi connectivity index (χ1) is 17.9. The van der Waals surface area contributed by atoms with Crippen LogP contribution in [0.25, 0.3) is 10.9 Å². The summed E-state index contributed by atoms with van der Waals surface area (Å²) in [7, 11) is 1.67. The van der Waals surface area contributed by atoms with E-state index in [1.165, 1.54) is 0 Å².